The van der Waals surface area contributed by atoms with Gasteiger partial charge < -0.3 is 14.5 Å². The summed E-state index contributed by atoms with van der Waals surface area (Å²) < 4.78 is 2.18. The first-order chi connectivity index (χ1) is 14.1. The van der Waals surface area contributed by atoms with E-state index in [0.717, 1.165) is 34.9 Å². The number of hydrogen-bond acceptors (Lipinski definition) is 4. The molecule has 4 aromatic rings. The molecule has 1 N–H and O–H groups in total. The second-order valence-electron chi connectivity index (χ2n) is 7.62. The highest BCUT2D eigenvalue weighted by molar-refractivity contribution is 5.97. The summed E-state index contributed by atoms with van der Waals surface area (Å²) in [6.07, 6.45) is 0.829. The number of nitrogens with zero attached hydrogens (tertiary/aromatic N) is 5. The Morgan fingerprint density at radius 1 is 1.14 bits per heavy atom. The van der Waals surface area contributed by atoms with Crippen molar-refractivity contribution in [2.45, 2.75) is 32.9 Å². The molecule has 0 aliphatic carbocycles. The van der Waals surface area contributed by atoms with Crippen molar-refractivity contribution in [2.24, 2.45) is 0 Å². The van der Waals surface area contributed by atoms with E-state index in [2.05, 4.69) is 36.9 Å². The van der Waals surface area contributed by atoms with Gasteiger partial charge in [-0.05, 0) is 44.0 Å². The van der Waals surface area contributed by atoms with Crippen LogP contribution in [0.2, 0.25) is 0 Å². The number of aromatic amines is 1. The average molecular weight is 386 g/mol. The fourth-order valence-corrected chi connectivity index (χ4v) is 4.22. The molecule has 1 aliphatic heterocycles. The fraction of sp³-hybridized carbons (Fsp3) is 0.273. The van der Waals surface area contributed by atoms with Crippen molar-refractivity contribution in [3.63, 3.8) is 0 Å². The van der Waals surface area contributed by atoms with Gasteiger partial charge in [0.25, 0.3) is 5.91 Å². The van der Waals surface area contributed by atoms with Crippen LogP contribution in [-0.2, 0) is 13.0 Å². The van der Waals surface area contributed by atoms with Crippen LogP contribution in [0.1, 0.15) is 39.4 Å². The zero-order valence-corrected chi connectivity index (χ0v) is 16.5. The van der Waals surface area contributed by atoms with E-state index in [-0.39, 0.29) is 11.9 Å². The van der Waals surface area contributed by atoms with Crippen LogP contribution in [0.15, 0.2) is 48.5 Å². The van der Waals surface area contributed by atoms with Crippen molar-refractivity contribution in [1.29, 1.82) is 0 Å². The molecular weight excluding hydrogens is 364 g/mol. The Bertz CT molecular complexity index is 1190. The van der Waals surface area contributed by atoms with E-state index in [4.69, 9.17) is 0 Å². The van der Waals surface area contributed by atoms with E-state index in [1.807, 2.05) is 55.1 Å². The summed E-state index contributed by atoms with van der Waals surface area (Å²) in [7, 11) is 0. The van der Waals surface area contributed by atoms with Crippen LogP contribution >= 0.6 is 0 Å². The van der Waals surface area contributed by atoms with E-state index in [1.165, 1.54) is 5.56 Å². The largest absolute Gasteiger partial charge is 0.342 e. The number of hydrogen-bond donors (Lipinski definition) is 1. The maximum Gasteiger partial charge on any atom is 0.254 e. The summed E-state index contributed by atoms with van der Waals surface area (Å²) in [5.74, 6) is 2.57. The van der Waals surface area contributed by atoms with E-state index in [0.29, 0.717) is 18.7 Å². The van der Waals surface area contributed by atoms with Crippen LogP contribution < -0.4 is 0 Å². The van der Waals surface area contributed by atoms with Crippen molar-refractivity contribution in [1.82, 2.24) is 29.6 Å². The van der Waals surface area contributed by atoms with Gasteiger partial charge in [0.05, 0.1) is 23.6 Å². The maximum atomic E-state index is 13.3. The number of carbonyl (C=O) groups is 1. The molecule has 1 atom stereocenters. The number of aromatic nitrogens is 5. The van der Waals surface area contributed by atoms with Crippen LogP contribution in [-0.4, -0.2) is 42.1 Å². The van der Waals surface area contributed by atoms with Gasteiger partial charge in [0.15, 0.2) is 5.82 Å². The predicted molar refractivity (Wildman–Crippen MR) is 110 cm³/mol. The molecule has 2 aromatic heterocycles. The molecule has 29 heavy (non-hydrogen) atoms. The molecule has 0 bridgehead atoms. The number of H-pyrrole nitrogens is 1. The van der Waals surface area contributed by atoms with Gasteiger partial charge in [-0.1, -0.05) is 30.3 Å². The normalized spacial score (nSPS) is 16.2. The van der Waals surface area contributed by atoms with Crippen LogP contribution in [0.5, 0.6) is 0 Å². The standard InChI is InChI=1S/C22H22N6O/c1-14-23-19-9-8-17(11-20(19)24-14)22(29)27-12-18(10-16-6-4-3-5-7-16)28-15(2)25-26-21(28)13-27/h3-9,11,18H,10,12-13H2,1-2H3,(H,23,24)/t18-/m1/s1. The minimum atomic E-state index is 0.00381. The van der Waals surface area contributed by atoms with E-state index in [1.54, 1.807) is 0 Å². The van der Waals surface area contributed by atoms with Crippen LogP contribution in [0.25, 0.3) is 11.0 Å². The first-order valence-electron chi connectivity index (χ1n) is 9.78. The minimum Gasteiger partial charge on any atom is -0.342 e. The molecular formula is C22H22N6O. The summed E-state index contributed by atoms with van der Waals surface area (Å²) in [5.41, 5.74) is 3.64. The summed E-state index contributed by atoms with van der Waals surface area (Å²) in [6.45, 7) is 4.97. The zero-order chi connectivity index (χ0) is 20.0. The molecule has 1 amide bonds. The minimum absolute atomic E-state index is 0.00381. The van der Waals surface area contributed by atoms with Gasteiger partial charge in [0, 0.05) is 12.1 Å². The molecule has 2 aromatic carbocycles. The zero-order valence-electron chi connectivity index (χ0n) is 16.5. The number of carbonyl (C=O) groups excluding carboxylic acids is 1. The number of nitrogens with one attached hydrogen (secondary N) is 1. The Hall–Kier alpha value is -3.48. The molecule has 0 saturated carbocycles. The van der Waals surface area contributed by atoms with Crippen molar-refractivity contribution < 1.29 is 4.79 Å². The van der Waals surface area contributed by atoms with Gasteiger partial charge in [-0.15, -0.1) is 10.2 Å². The maximum absolute atomic E-state index is 13.3. The topological polar surface area (TPSA) is 79.7 Å². The molecule has 3 heterocycles. The lowest BCUT2D eigenvalue weighted by molar-refractivity contribution is 0.0672. The van der Waals surface area contributed by atoms with Crippen molar-refractivity contribution >= 4 is 16.9 Å². The van der Waals surface area contributed by atoms with E-state index in [9.17, 15) is 4.79 Å². The van der Waals surface area contributed by atoms with Gasteiger partial charge in [0.1, 0.15) is 11.6 Å². The van der Waals surface area contributed by atoms with Crippen molar-refractivity contribution in [3.8, 4) is 0 Å². The molecule has 0 saturated heterocycles. The lowest BCUT2D eigenvalue weighted by Gasteiger charge is -2.34. The number of aryl methyl sites for hydroxylation is 2. The third-order valence-corrected chi connectivity index (χ3v) is 5.51. The second-order valence-corrected chi connectivity index (χ2v) is 7.62. The molecule has 0 radical (unpaired) electrons. The Kier molecular flexibility index (Phi) is 4.16. The first-order valence-corrected chi connectivity index (χ1v) is 9.78. The smallest absolute Gasteiger partial charge is 0.254 e. The fourth-order valence-electron chi connectivity index (χ4n) is 4.22. The summed E-state index contributed by atoms with van der Waals surface area (Å²) >= 11 is 0. The molecule has 0 unspecified atom stereocenters. The molecule has 7 heteroatoms. The number of amides is 1. The number of imidazole rings is 1. The van der Waals surface area contributed by atoms with Crippen LogP contribution in [0, 0.1) is 13.8 Å². The van der Waals surface area contributed by atoms with Crippen molar-refractivity contribution in [2.75, 3.05) is 6.54 Å². The van der Waals surface area contributed by atoms with E-state index >= 15 is 0 Å². The molecule has 146 valence electrons. The van der Waals surface area contributed by atoms with E-state index < -0.39 is 0 Å². The van der Waals surface area contributed by atoms with Crippen molar-refractivity contribution in [3.05, 3.63) is 77.1 Å². The quantitative estimate of drug-likeness (QED) is 0.586. The average Bonchev–Trinajstić information content (AvgIpc) is 3.29. The summed E-state index contributed by atoms with van der Waals surface area (Å²) in [4.78, 5) is 22.8. The molecule has 0 spiro atoms. The van der Waals surface area contributed by atoms with Crippen LogP contribution in [0.3, 0.4) is 0 Å². The lowest BCUT2D eigenvalue weighted by atomic mass is 10.0. The Morgan fingerprint density at radius 3 is 2.79 bits per heavy atom. The highest BCUT2D eigenvalue weighted by Crippen LogP contribution is 2.26. The molecule has 1 aliphatic rings. The summed E-state index contributed by atoms with van der Waals surface area (Å²) in [5, 5.41) is 8.59. The van der Waals surface area contributed by atoms with Gasteiger partial charge in [-0.2, -0.15) is 0 Å². The Morgan fingerprint density at radius 2 is 1.97 bits per heavy atom. The predicted octanol–water partition coefficient (Wildman–Crippen LogP) is 3.21. The number of rotatable bonds is 3. The third kappa shape index (κ3) is 3.18. The number of fused-ring (bicyclic) bond motifs is 2. The lowest BCUT2D eigenvalue weighted by Crippen LogP contribution is -2.42. The van der Waals surface area contributed by atoms with Crippen LogP contribution in [0.4, 0.5) is 0 Å². The third-order valence-electron chi connectivity index (χ3n) is 5.51. The van der Waals surface area contributed by atoms with Gasteiger partial charge >= 0.3 is 0 Å². The van der Waals surface area contributed by atoms with Gasteiger partial charge in [-0.3, -0.25) is 4.79 Å². The SMILES string of the molecule is Cc1nc2ccc(C(=O)N3Cc4nnc(C)n4[C@H](Cc4ccccc4)C3)cc2[nH]1. The highest BCUT2D eigenvalue weighted by atomic mass is 16.2. The Labute approximate surface area is 168 Å². The monoisotopic (exact) mass is 386 g/mol. The number of benzene rings is 2. The second kappa shape index (κ2) is 6.84. The molecule has 5 rings (SSSR count). The molecule has 0 fully saturated rings. The molecule has 7 nitrogen and oxygen atoms in total. The van der Waals surface area contributed by atoms with Gasteiger partial charge in [-0.25, -0.2) is 4.98 Å². The summed E-state index contributed by atoms with van der Waals surface area (Å²) in [6, 6.07) is 16.1. The highest BCUT2D eigenvalue weighted by Gasteiger charge is 2.31. The Balaban J connectivity index is 1.46. The first kappa shape index (κ1) is 17.6. The van der Waals surface area contributed by atoms with Gasteiger partial charge in [0.2, 0.25) is 0 Å².